The molecule has 0 unspecified atom stereocenters. The first-order valence-corrected chi connectivity index (χ1v) is 7.64. The Balaban J connectivity index is 2.06. The summed E-state index contributed by atoms with van der Waals surface area (Å²) in [6.45, 7) is 2.33. The van der Waals surface area contributed by atoms with Gasteiger partial charge in [0.1, 0.15) is 5.69 Å². The predicted molar refractivity (Wildman–Crippen MR) is 96.3 cm³/mol. The first kappa shape index (κ1) is 15.6. The van der Waals surface area contributed by atoms with Crippen LogP contribution in [-0.2, 0) is 0 Å². The van der Waals surface area contributed by atoms with Gasteiger partial charge in [-0.3, -0.25) is 9.59 Å². The van der Waals surface area contributed by atoms with Crippen molar-refractivity contribution in [2.24, 2.45) is 0 Å². The van der Waals surface area contributed by atoms with Gasteiger partial charge in [-0.05, 0) is 42.6 Å². The molecule has 0 aliphatic rings. The summed E-state index contributed by atoms with van der Waals surface area (Å²) in [5.74, 6) is 2.29. The second-order valence-corrected chi connectivity index (χ2v) is 5.34. The van der Waals surface area contributed by atoms with E-state index in [0.29, 0.717) is 23.2 Å². The summed E-state index contributed by atoms with van der Waals surface area (Å²) in [5.41, 5.74) is 1.38. The zero-order chi connectivity index (χ0) is 17.1. The van der Waals surface area contributed by atoms with E-state index < -0.39 is 0 Å². The van der Waals surface area contributed by atoms with Crippen molar-refractivity contribution in [1.82, 2.24) is 4.98 Å². The molecule has 0 saturated heterocycles. The average molecular weight is 316 g/mol. The van der Waals surface area contributed by atoms with Crippen molar-refractivity contribution < 1.29 is 4.79 Å². The molecule has 0 saturated carbocycles. The molecule has 4 nitrogen and oxygen atoms in total. The molecule has 24 heavy (non-hydrogen) atoms. The van der Waals surface area contributed by atoms with Crippen LogP contribution in [0.2, 0.25) is 0 Å². The second-order valence-electron chi connectivity index (χ2n) is 5.34. The molecule has 0 radical (unpaired) electrons. The lowest BCUT2D eigenvalue weighted by Gasteiger charge is -2.21. The fourth-order valence-corrected chi connectivity index (χ4v) is 2.68. The lowest BCUT2D eigenvalue weighted by Crippen LogP contribution is -2.32. The number of amides is 1. The Morgan fingerprint density at radius 3 is 2.71 bits per heavy atom. The molecule has 0 fully saturated rings. The molecule has 118 valence electrons. The van der Waals surface area contributed by atoms with Crippen molar-refractivity contribution in [2.45, 2.75) is 6.92 Å². The highest BCUT2D eigenvalue weighted by Gasteiger charge is 2.18. The number of carbonyl (C=O) groups excluding carboxylic acids is 1. The van der Waals surface area contributed by atoms with Crippen molar-refractivity contribution in [1.29, 1.82) is 0 Å². The van der Waals surface area contributed by atoms with Crippen molar-refractivity contribution in [3.05, 3.63) is 76.2 Å². The molecule has 2 aromatic carbocycles. The van der Waals surface area contributed by atoms with E-state index in [1.165, 1.54) is 0 Å². The topological polar surface area (TPSA) is 53.2 Å². The van der Waals surface area contributed by atoms with Gasteiger partial charge in [0, 0.05) is 23.2 Å². The smallest absolute Gasteiger partial charge is 0.274 e. The van der Waals surface area contributed by atoms with E-state index in [0.717, 1.165) is 5.39 Å². The minimum Gasteiger partial charge on any atom is -0.317 e. The van der Waals surface area contributed by atoms with Gasteiger partial charge in [-0.1, -0.05) is 30.2 Å². The quantitative estimate of drug-likeness (QED) is 0.755. The molecule has 0 aliphatic heterocycles. The second kappa shape index (κ2) is 6.43. The molecule has 0 atom stereocenters. The fourth-order valence-electron chi connectivity index (χ4n) is 2.68. The van der Waals surface area contributed by atoms with Crippen LogP contribution in [0.15, 0.2) is 59.4 Å². The number of hydrogen-bond donors (Lipinski definition) is 1. The van der Waals surface area contributed by atoms with E-state index in [2.05, 4.69) is 10.9 Å². The summed E-state index contributed by atoms with van der Waals surface area (Å²) in [5, 5.41) is 1.30. The maximum Gasteiger partial charge on any atom is 0.274 e. The fraction of sp³-hybridized carbons (Fsp3) is 0.100. The summed E-state index contributed by atoms with van der Waals surface area (Å²) in [4.78, 5) is 29.3. The van der Waals surface area contributed by atoms with Crippen molar-refractivity contribution in [2.75, 3.05) is 11.4 Å². The zero-order valence-corrected chi connectivity index (χ0v) is 13.2. The number of aromatic nitrogens is 1. The molecule has 3 aromatic rings. The molecule has 3 rings (SSSR count). The van der Waals surface area contributed by atoms with E-state index in [-0.39, 0.29) is 17.2 Å². The molecule has 1 N–H and O–H groups in total. The Hall–Kier alpha value is -3.32. The number of carbonyl (C=O) groups is 1. The van der Waals surface area contributed by atoms with Gasteiger partial charge < -0.3 is 9.88 Å². The van der Waals surface area contributed by atoms with E-state index in [1.807, 2.05) is 31.2 Å². The largest absolute Gasteiger partial charge is 0.317 e. The average Bonchev–Trinajstić information content (AvgIpc) is 2.62. The number of terminal acetylenes is 1. The third-order valence-electron chi connectivity index (χ3n) is 3.87. The van der Waals surface area contributed by atoms with Crippen LogP contribution in [0.4, 0.5) is 5.69 Å². The normalized spacial score (nSPS) is 10.3. The van der Waals surface area contributed by atoms with E-state index in [1.54, 1.807) is 35.2 Å². The summed E-state index contributed by atoms with van der Waals surface area (Å²) >= 11 is 0. The molecular formula is C20H16N2O2. The third-order valence-corrected chi connectivity index (χ3v) is 3.87. The number of benzene rings is 2. The number of aromatic amines is 1. The summed E-state index contributed by atoms with van der Waals surface area (Å²) in [7, 11) is 0. The molecule has 4 heteroatoms. The highest BCUT2D eigenvalue weighted by Crippen LogP contribution is 2.19. The Morgan fingerprint density at radius 2 is 1.96 bits per heavy atom. The minimum atomic E-state index is -0.273. The lowest BCUT2D eigenvalue weighted by atomic mass is 10.1. The SMILES string of the molecule is C#Cc1cccc(N(CC)C(=O)c2cc3ccccc3c(=O)[nH]2)c1. The third kappa shape index (κ3) is 2.80. The molecule has 1 heterocycles. The van der Waals surface area contributed by atoms with Gasteiger partial charge in [0.2, 0.25) is 0 Å². The molecular weight excluding hydrogens is 300 g/mol. The first-order chi connectivity index (χ1) is 11.6. The van der Waals surface area contributed by atoms with Crippen LogP contribution in [0.5, 0.6) is 0 Å². The molecule has 0 spiro atoms. The monoisotopic (exact) mass is 316 g/mol. The van der Waals surface area contributed by atoms with Crippen molar-refractivity contribution in [3.63, 3.8) is 0 Å². The van der Waals surface area contributed by atoms with Crippen LogP contribution >= 0.6 is 0 Å². The maximum atomic E-state index is 12.9. The number of fused-ring (bicyclic) bond motifs is 1. The maximum absolute atomic E-state index is 12.9. The van der Waals surface area contributed by atoms with Gasteiger partial charge in [-0.15, -0.1) is 6.42 Å². The van der Waals surface area contributed by atoms with E-state index in [4.69, 9.17) is 6.42 Å². The molecule has 1 aromatic heterocycles. The number of hydrogen-bond acceptors (Lipinski definition) is 2. The van der Waals surface area contributed by atoms with Crippen LogP contribution in [-0.4, -0.2) is 17.4 Å². The van der Waals surface area contributed by atoms with Gasteiger partial charge in [0.15, 0.2) is 0 Å². The van der Waals surface area contributed by atoms with Gasteiger partial charge in [-0.2, -0.15) is 0 Å². The highest BCUT2D eigenvalue weighted by atomic mass is 16.2. The Morgan fingerprint density at radius 1 is 1.17 bits per heavy atom. The number of rotatable bonds is 3. The van der Waals surface area contributed by atoms with Crippen LogP contribution in [0.1, 0.15) is 23.0 Å². The van der Waals surface area contributed by atoms with Crippen LogP contribution < -0.4 is 10.5 Å². The number of nitrogens with one attached hydrogen (secondary N) is 1. The van der Waals surface area contributed by atoms with Crippen molar-refractivity contribution >= 4 is 22.4 Å². The predicted octanol–water partition coefficient (Wildman–Crippen LogP) is 3.18. The zero-order valence-electron chi connectivity index (χ0n) is 13.2. The highest BCUT2D eigenvalue weighted by molar-refractivity contribution is 6.06. The summed E-state index contributed by atoms with van der Waals surface area (Å²) in [6.07, 6.45) is 5.43. The molecule has 1 amide bonds. The summed E-state index contributed by atoms with van der Waals surface area (Å²) in [6, 6.07) is 16.1. The van der Waals surface area contributed by atoms with Crippen molar-refractivity contribution in [3.8, 4) is 12.3 Å². The van der Waals surface area contributed by atoms with Gasteiger partial charge in [-0.25, -0.2) is 0 Å². The number of pyridine rings is 1. The van der Waals surface area contributed by atoms with E-state index >= 15 is 0 Å². The molecule has 0 aliphatic carbocycles. The number of anilines is 1. The van der Waals surface area contributed by atoms with Gasteiger partial charge in [0.25, 0.3) is 11.5 Å². The Bertz CT molecular complexity index is 1010. The standard InChI is InChI=1S/C20H16N2O2/c1-3-14-8-7-10-16(12-14)22(4-2)20(24)18-13-15-9-5-6-11-17(15)19(23)21-18/h1,5-13H,4H2,2H3,(H,21,23). The first-order valence-electron chi connectivity index (χ1n) is 7.64. The summed E-state index contributed by atoms with van der Waals surface area (Å²) < 4.78 is 0. The Labute approximate surface area is 139 Å². The number of nitrogens with zero attached hydrogens (tertiary/aromatic N) is 1. The number of H-pyrrole nitrogens is 1. The molecule has 0 bridgehead atoms. The van der Waals surface area contributed by atoms with E-state index in [9.17, 15) is 9.59 Å². The van der Waals surface area contributed by atoms with Crippen LogP contribution in [0, 0.1) is 12.3 Å². The van der Waals surface area contributed by atoms with Crippen LogP contribution in [0.3, 0.4) is 0 Å². The van der Waals surface area contributed by atoms with Gasteiger partial charge in [0.05, 0.1) is 0 Å². The van der Waals surface area contributed by atoms with Crippen LogP contribution in [0.25, 0.3) is 10.8 Å². The minimum absolute atomic E-state index is 0.256. The van der Waals surface area contributed by atoms with Gasteiger partial charge >= 0.3 is 0 Å². The lowest BCUT2D eigenvalue weighted by molar-refractivity contribution is 0.0983. The Kier molecular flexibility index (Phi) is 4.17.